The first-order valence-electron chi connectivity index (χ1n) is 9.82. The van der Waals surface area contributed by atoms with Crippen LogP contribution in [-0.4, -0.2) is 18.8 Å². The Bertz CT molecular complexity index is 1220. The number of nitriles is 1. The minimum atomic E-state index is -3.01. The number of amides is 1. The van der Waals surface area contributed by atoms with E-state index in [4.69, 9.17) is 33.7 Å². The number of benzene rings is 2. The topological polar surface area (TPSA) is 141 Å². The number of alkyl halides is 2. The lowest BCUT2D eigenvalue weighted by Crippen LogP contribution is -2.33. The molecule has 0 saturated carbocycles. The molecule has 7 nitrogen and oxygen atoms in total. The lowest BCUT2D eigenvalue weighted by molar-refractivity contribution is -0.117. The number of carbonyl (C=O) groups excluding carboxylic acids is 1. The van der Waals surface area contributed by atoms with E-state index in [0.717, 1.165) is 6.07 Å². The fourth-order valence-electron chi connectivity index (χ4n) is 3.03. The van der Waals surface area contributed by atoms with Crippen LogP contribution in [0.25, 0.3) is 5.70 Å². The number of hydrogen-bond acceptors (Lipinski definition) is 5. The highest BCUT2D eigenvalue weighted by atomic mass is 35.5. The Hall–Kier alpha value is -3.97. The van der Waals surface area contributed by atoms with Crippen molar-refractivity contribution in [3.8, 4) is 6.07 Å². The third-order valence-corrected chi connectivity index (χ3v) is 5.19. The number of hydrogen-bond donors (Lipinski definition) is 5. The summed E-state index contributed by atoms with van der Waals surface area (Å²) in [4.78, 5) is 12.2. The van der Waals surface area contributed by atoms with E-state index in [0.29, 0.717) is 0 Å². The van der Waals surface area contributed by atoms with E-state index in [9.17, 15) is 18.0 Å². The fraction of sp³-hybridized carbons (Fsp3) is 0.174. The summed E-state index contributed by atoms with van der Waals surface area (Å²) in [6, 6.07) is 8.93. The van der Waals surface area contributed by atoms with Crippen molar-refractivity contribution in [1.82, 2.24) is 10.6 Å². The summed E-state index contributed by atoms with van der Waals surface area (Å²) < 4.78 is 40.7. The van der Waals surface area contributed by atoms with Crippen LogP contribution in [-0.2, 0) is 4.79 Å². The minimum Gasteiger partial charge on any atom is -0.398 e. The number of carbonyl (C=O) groups is 1. The van der Waals surface area contributed by atoms with Crippen molar-refractivity contribution in [3.63, 3.8) is 0 Å². The van der Waals surface area contributed by atoms with Gasteiger partial charge in [-0.2, -0.15) is 5.26 Å². The quantitative estimate of drug-likeness (QED) is 0.173. The molecule has 2 aromatic carbocycles. The second-order valence-corrected chi connectivity index (χ2v) is 7.51. The number of nitrogens with zero attached hydrogens (tertiary/aromatic N) is 1. The second kappa shape index (κ2) is 11.2. The van der Waals surface area contributed by atoms with Crippen LogP contribution in [0.3, 0.4) is 0 Å². The van der Waals surface area contributed by atoms with E-state index >= 15 is 0 Å². The number of nitrogens with two attached hydrogens (primary N) is 2. The Morgan fingerprint density at radius 2 is 1.88 bits per heavy atom. The van der Waals surface area contributed by atoms with Gasteiger partial charge in [0, 0.05) is 34.5 Å². The van der Waals surface area contributed by atoms with Gasteiger partial charge >= 0.3 is 0 Å². The van der Waals surface area contributed by atoms with Crippen LogP contribution >= 0.6 is 11.6 Å². The molecule has 0 fully saturated rings. The molecular formula is C23H22ClF3N6O. The third-order valence-electron chi connectivity index (χ3n) is 4.86. The fourth-order valence-corrected chi connectivity index (χ4v) is 3.26. The average molecular weight is 491 g/mol. The van der Waals surface area contributed by atoms with Gasteiger partial charge in [0.15, 0.2) is 0 Å². The van der Waals surface area contributed by atoms with Crippen molar-refractivity contribution in [2.24, 2.45) is 11.5 Å². The summed E-state index contributed by atoms with van der Waals surface area (Å²) in [5.74, 6) is -2.25. The van der Waals surface area contributed by atoms with Gasteiger partial charge in [-0.05, 0) is 31.2 Å². The van der Waals surface area contributed by atoms with Gasteiger partial charge in [0.25, 0.3) is 12.3 Å². The van der Waals surface area contributed by atoms with Gasteiger partial charge < -0.3 is 22.1 Å². The van der Waals surface area contributed by atoms with Gasteiger partial charge in [0.2, 0.25) is 0 Å². The molecule has 0 bridgehead atoms. The van der Waals surface area contributed by atoms with Crippen LogP contribution in [0.1, 0.15) is 41.6 Å². The summed E-state index contributed by atoms with van der Waals surface area (Å²) >= 11 is 6.17. The third kappa shape index (κ3) is 5.88. The maximum Gasteiger partial charge on any atom is 0.267 e. The molecule has 1 amide bonds. The number of nitrogens with one attached hydrogen (secondary N) is 3. The summed E-state index contributed by atoms with van der Waals surface area (Å²) in [6.45, 7) is 1.45. The van der Waals surface area contributed by atoms with Gasteiger partial charge in [-0.1, -0.05) is 29.8 Å². The van der Waals surface area contributed by atoms with E-state index in [1.165, 1.54) is 50.4 Å². The van der Waals surface area contributed by atoms with Crippen molar-refractivity contribution in [3.05, 3.63) is 86.8 Å². The monoisotopic (exact) mass is 490 g/mol. The summed E-state index contributed by atoms with van der Waals surface area (Å²) in [5, 5.41) is 22.8. The highest BCUT2D eigenvalue weighted by Crippen LogP contribution is 2.28. The first kappa shape index (κ1) is 26.3. The largest absolute Gasteiger partial charge is 0.398 e. The molecule has 0 aliphatic rings. The molecule has 7 N–H and O–H groups in total. The van der Waals surface area contributed by atoms with Crippen molar-refractivity contribution in [1.29, 1.82) is 10.7 Å². The van der Waals surface area contributed by atoms with Crippen LogP contribution < -0.4 is 22.1 Å². The molecule has 0 spiro atoms. The first-order valence-corrected chi connectivity index (χ1v) is 10.2. The van der Waals surface area contributed by atoms with E-state index in [1.54, 1.807) is 0 Å². The van der Waals surface area contributed by atoms with Crippen molar-refractivity contribution in [2.75, 3.05) is 7.05 Å². The number of rotatable bonds is 7. The second-order valence-electron chi connectivity index (χ2n) is 7.10. The molecule has 1 atom stereocenters. The summed E-state index contributed by atoms with van der Waals surface area (Å²) in [5.41, 5.74) is 11.2. The maximum atomic E-state index is 14.5. The highest BCUT2D eigenvalue weighted by Gasteiger charge is 2.22. The number of amidine groups is 1. The molecule has 0 unspecified atom stereocenters. The Balaban J connectivity index is 2.50. The van der Waals surface area contributed by atoms with E-state index < -0.39 is 35.6 Å². The molecule has 0 aliphatic carbocycles. The Labute approximate surface area is 199 Å². The highest BCUT2D eigenvalue weighted by molar-refractivity contribution is 6.32. The molecule has 0 saturated heterocycles. The molecule has 0 radical (unpaired) electrons. The molecule has 2 rings (SSSR count). The van der Waals surface area contributed by atoms with Gasteiger partial charge in [0.1, 0.15) is 17.3 Å². The average Bonchev–Trinajstić information content (AvgIpc) is 2.81. The minimum absolute atomic E-state index is 0.00552. The van der Waals surface area contributed by atoms with E-state index in [1.807, 2.05) is 6.07 Å². The first-order chi connectivity index (χ1) is 16.0. The SMILES string of the molecule is CNC(=O)/C(N)=C(/C=C(\N)c1cc(C#N)ccc1Cl)C(=N)N[C@H](C)c1cccc(C(F)F)c1F. The Morgan fingerprint density at radius 1 is 1.24 bits per heavy atom. The Kier molecular flexibility index (Phi) is 8.70. The lowest BCUT2D eigenvalue weighted by Gasteiger charge is -2.20. The smallest absolute Gasteiger partial charge is 0.267 e. The molecule has 34 heavy (non-hydrogen) atoms. The molecule has 0 aliphatic heterocycles. The van der Waals surface area contributed by atoms with Crippen LogP contribution in [0.5, 0.6) is 0 Å². The zero-order valence-electron chi connectivity index (χ0n) is 18.2. The normalized spacial score (nSPS) is 13.1. The van der Waals surface area contributed by atoms with Gasteiger partial charge in [-0.3, -0.25) is 10.2 Å². The van der Waals surface area contributed by atoms with E-state index in [-0.39, 0.29) is 38.7 Å². The predicted octanol–water partition coefficient (Wildman–Crippen LogP) is 3.87. The predicted molar refractivity (Wildman–Crippen MR) is 124 cm³/mol. The summed E-state index contributed by atoms with van der Waals surface area (Å²) in [7, 11) is 1.33. The van der Waals surface area contributed by atoms with Gasteiger partial charge in [-0.15, -0.1) is 0 Å². The zero-order chi connectivity index (χ0) is 25.6. The molecular weight excluding hydrogens is 469 g/mol. The molecule has 2 aromatic rings. The van der Waals surface area contributed by atoms with Crippen LogP contribution in [0.4, 0.5) is 13.2 Å². The van der Waals surface area contributed by atoms with Gasteiger partial charge in [0.05, 0.1) is 23.2 Å². The van der Waals surface area contributed by atoms with Crippen molar-refractivity contribution in [2.45, 2.75) is 19.4 Å². The zero-order valence-corrected chi connectivity index (χ0v) is 19.0. The molecule has 11 heteroatoms. The molecule has 0 heterocycles. The maximum absolute atomic E-state index is 14.5. The molecule has 178 valence electrons. The Morgan fingerprint density at radius 3 is 2.47 bits per heavy atom. The van der Waals surface area contributed by atoms with Crippen LogP contribution in [0.2, 0.25) is 5.02 Å². The summed E-state index contributed by atoms with van der Waals surface area (Å²) in [6.07, 6.45) is -1.80. The molecule has 0 aromatic heterocycles. The van der Waals surface area contributed by atoms with E-state index in [2.05, 4.69) is 10.6 Å². The number of halogens is 4. The number of likely N-dealkylation sites (N-methyl/N-ethyl adjacent to an activating group) is 1. The van der Waals surface area contributed by atoms with Crippen molar-refractivity contribution >= 4 is 29.0 Å². The van der Waals surface area contributed by atoms with Crippen LogP contribution in [0, 0.1) is 22.6 Å². The van der Waals surface area contributed by atoms with Crippen molar-refractivity contribution < 1.29 is 18.0 Å². The van der Waals surface area contributed by atoms with Gasteiger partial charge in [-0.25, -0.2) is 13.2 Å². The standard InChI is InChI=1S/C23H22ClF3N6O/c1-11(13-4-3-5-14(19(13)25)21(26)27)33-22(31)16(20(30)23(34)32-2)9-18(29)15-8-12(10-28)6-7-17(15)24/h3-9,11,21H,29-30H2,1-2H3,(H2,31,33)(H,32,34)/b18-9-,20-16+/t11-/m1/s1. The van der Waals surface area contributed by atoms with Crippen LogP contribution in [0.15, 0.2) is 53.7 Å². The lowest BCUT2D eigenvalue weighted by atomic mass is 10.0.